The maximum absolute atomic E-state index is 4.93. The summed E-state index contributed by atoms with van der Waals surface area (Å²) in [6.45, 7) is 5.03. The van der Waals surface area contributed by atoms with Crippen molar-refractivity contribution in [1.82, 2.24) is 19.7 Å². The largest absolute Gasteiger partial charge is 0.339 e. The Hall–Kier alpha value is -2.95. The topological polar surface area (TPSA) is 46.8 Å². The molecule has 0 unspecified atom stereocenters. The van der Waals surface area contributed by atoms with E-state index in [9.17, 15) is 0 Å². The summed E-state index contributed by atoms with van der Waals surface area (Å²) in [6.07, 6.45) is 3.51. The third-order valence-electron chi connectivity index (χ3n) is 5.94. The summed E-state index contributed by atoms with van der Waals surface area (Å²) in [7, 11) is 0. The number of para-hydroxylation sites is 1. The zero-order valence-corrected chi connectivity index (χ0v) is 16.3. The fourth-order valence-corrected chi connectivity index (χ4v) is 4.43. The SMILES string of the molecule is CCn1c2ccccc2c2nnc(N3CCC(Cc4ccccc4)CC3)nc21. The van der Waals surface area contributed by atoms with Crippen LogP contribution in [0.3, 0.4) is 0 Å². The number of nitrogens with zero attached hydrogens (tertiary/aromatic N) is 5. The predicted octanol–water partition coefficient (Wildman–Crippen LogP) is 4.46. The highest BCUT2D eigenvalue weighted by Gasteiger charge is 2.23. The van der Waals surface area contributed by atoms with Crippen LogP contribution in [-0.4, -0.2) is 32.8 Å². The minimum Gasteiger partial charge on any atom is -0.339 e. The summed E-state index contributed by atoms with van der Waals surface area (Å²) in [5.41, 5.74) is 4.47. The smallest absolute Gasteiger partial charge is 0.247 e. The van der Waals surface area contributed by atoms with Crippen LogP contribution >= 0.6 is 0 Å². The lowest BCUT2D eigenvalue weighted by molar-refractivity contribution is 0.400. The third-order valence-corrected chi connectivity index (χ3v) is 5.94. The van der Waals surface area contributed by atoms with Gasteiger partial charge < -0.3 is 9.47 Å². The van der Waals surface area contributed by atoms with Crippen molar-refractivity contribution >= 4 is 28.0 Å². The molecule has 0 N–H and O–H groups in total. The molecule has 5 rings (SSSR count). The molecule has 1 aliphatic rings. The summed E-state index contributed by atoms with van der Waals surface area (Å²) < 4.78 is 2.24. The summed E-state index contributed by atoms with van der Waals surface area (Å²) in [6, 6.07) is 19.2. The number of fused-ring (bicyclic) bond motifs is 3. The summed E-state index contributed by atoms with van der Waals surface area (Å²) in [5.74, 6) is 1.50. The van der Waals surface area contributed by atoms with Gasteiger partial charge in [-0.25, -0.2) is 0 Å². The van der Waals surface area contributed by atoms with Gasteiger partial charge in [0.25, 0.3) is 0 Å². The third kappa shape index (κ3) is 3.01. The monoisotopic (exact) mass is 371 g/mol. The molecule has 0 radical (unpaired) electrons. The standard InChI is InChI=1S/C23H25N5/c1-2-28-20-11-7-6-10-19(20)21-22(28)24-23(26-25-21)27-14-12-18(13-15-27)16-17-8-4-3-5-9-17/h3-11,18H,2,12-16H2,1H3. The molecule has 1 aliphatic heterocycles. The van der Waals surface area contributed by atoms with E-state index in [1.165, 1.54) is 23.9 Å². The first-order chi connectivity index (χ1) is 13.8. The van der Waals surface area contributed by atoms with Crippen LogP contribution in [0.5, 0.6) is 0 Å². The van der Waals surface area contributed by atoms with Gasteiger partial charge in [-0.15, -0.1) is 10.2 Å². The van der Waals surface area contributed by atoms with Gasteiger partial charge in [-0.1, -0.05) is 48.5 Å². The second-order valence-corrected chi connectivity index (χ2v) is 7.67. The van der Waals surface area contributed by atoms with Crippen LogP contribution in [0.2, 0.25) is 0 Å². The fraction of sp³-hybridized carbons (Fsp3) is 0.348. The first-order valence-corrected chi connectivity index (χ1v) is 10.2. The van der Waals surface area contributed by atoms with Crippen molar-refractivity contribution in [3.8, 4) is 0 Å². The Kier molecular flexibility index (Phi) is 4.43. The molecule has 0 atom stereocenters. The molecule has 142 valence electrons. The Labute approximate surface area is 165 Å². The van der Waals surface area contributed by atoms with E-state index in [4.69, 9.17) is 4.98 Å². The molecular weight excluding hydrogens is 346 g/mol. The Balaban J connectivity index is 1.38. The van der Waals surface area contributed by atoms with Crippen LogP contribution < -0.4 is 4.90 Å². The maximum atomic E-state index is 4.93. The van der Waals surface area contributed by atoms with E-state index in [1.807, 2.05) is 0 Å². The normalized spacial score (nSPS) is 15.5. The van der Waals surface area contributed by atoms with Crippen LogP contribution in [0.15, 0.2) is 54.6 Å². The van der Waals surface area contributed by atoms with E-state index in [2.05, 4.69) is 81.2 Å². The number of rotatable bonds is 4. The summed E-state index contributed by atoms with van der Waals surface area (Å²) >= 11 is 0. The first kappa shape index (κ1) is 17.2. The Morgan fingerprint density at radius 1 is 0.929 bits per heavy atom. The first-order valence-electron chi connectivity index (χ1n) is 10.2. The quantitative estimate of drug-likeness (QED) is 0.531. The highest BCUT2D eigenvalue weighted by molar-refractivity contribution is 6.04. The molecule has 2 aromatic carbocycles. The molecule has 0 bridgehead atoms. The van der Waals surface area contributed by atoms with E-state index < -0.39 is 0 Å². The lowest BCUT2D eigenvalue weighted by Crippen LogP contribution is -2.35. The Morgan fingerprint density at radius 3 is 2.46 bits per heavy atom. The molecule has 3 heterocycles. The highest BCUT2D eigenvalue weighted by Crippen LogP contribution is 2.28. The molecule has 2 aromatic heterocycles. The Morgan fingerprint density at radius 2 is 1.68 bits per heavy atom. The molecule has 5 nitrogen and oxygen atoms in total. The van der Waals surface area contributed by atoms with Gasteiger partial charge in [-0.3, -0.25) is 0 Å². The molecule has 4 aromatic rings. The summed E-state index contributed by atoms with van der Waals surface area (Å²) in [4.78, 5) is 7.23. The molecule has 0 saturated carbocycles. The van der Waals surface area contributed by atoms with Gasteiger partial charge >= 0.3 is 0 Å². The number of hydrogen-bond acceptors (Lipinski definition) is 4. The van der Waals surface area contributed by atoms with Gasteiger partial charge in [-0.2, -0.15) is 4.98 Å². The number of hydrogen-bond donors (Lipinski definition) is 0. The zero-order valence-electron chi connectivity index (χ0n) is 16.3. The van der Waals surface area contributed by atoms with Crippen molar-refractivity contribution in [2.24, 2.45) is 5.92 Å². The molecule has 0 amide bonds. The van der Waals surface area contributed by atoms with Gasteiger partial charge in [-0.05, 0) is 43.7 Å². The Bertz CT molecular complexity index is 1090. The highest BCUT2D eigenvalue weighted by atomic mass is 15.3. The molecule has 0 spiro atoms. The number of aromatic nitrogens is 4. The lowest BCUT2D eigenvalue weighted by atomic mass is 9.90. The molecule has 0 aliphatic carbocycles. The lowest BCUT2D eigenvalue weighted by Gasteiger charge is -2.31. The van der Waals surface area contributed by atoms with Gasteiger partial charge in [0, 0.05) is 25.0 Å². The van der Waals surface area contributed by atoms with E-state index >= 15 is 0 Å². The average Bonchev–Trinajstić information content (AvgIpc) is 3.08. The van der Waals surface area contributed by atoms with Crippen LogP contribution in [0, 0.1) is 5.92 Å². The molecule has 1 saturated heterocycles. The van der Waals surface area contributed by atoms with Crippen LogP contribution in [-0.2, 0) is 13.0 Å². The summed E-state index contributed by atoms with van der Waals surface area (Å²) in [5, 5.41) is 10.2. The van der Waals surface area contributed by atoms with E-state index in [1.54, 1.807) is 0 Å². The molecule has 28 heavy (non-hydrogen) atoms. The zero-order chi connectivity index (χ0) is 18.9. The average molecular weight is 371 g/mol. The number of aryl methyl sites for hydroxylation is 1. The number of piperidine rings is 1. The minimum absolute atomic E-state index is 0.734. The molecular formula is C23H25N5. The minimum atomic E-state index is 0.734. The van der Waals surface area contributed by atoms with Gasteiger partial charge in [0.2, 0.25) is 5.95 Å². The van der Waals surface area contributed by atoms with Gasteiger partial charge in [0.15, 0.2) is 5.65 Å². The van der Waals surface area contributed by atoms with Crippen molar-refractivity contribution < 1.29 is 0 Å². The van der Waals surface area contributed by atoms with Gasteiger partial charge in [0.05, 0.1) is 5.52 Å². The van der Waals surface area contributed by atoms with Crippen molar-refractivity contribution in [3.63, 3.8) is 0 Å². The van der Waals surface area contributed by atoms with Crippen LogP contribution in [0.25, 0.3) is 22.1 Å². The van der Waals surface area contributed by atoms with E-state index in [0.29, 0.717) is 0 Å². The maximum Gasteiger partial charge on any atom is 0.247 e. The van der Waals surface area contributed by atoms with Crippen molar-refractivity contribution in [2.75, 3.05) is 18.0 Å². The second kappa shape index (κ2) is 7.23. The van der Waals surface area contributed by atoms with Gasteiger partial charge in [0.1, 0.15) is 5.52 Å². The molecule has 1 fully saturated rings. The predicted molar refractivity (Wildman–Crippen MR) is 114 cm³/mol. The van der Waals surface area contributed by atoms with Crippen molar-refractivity contribution in [3.05, 3.63) is 60.2 Å². The molecule has 5 heteroatoms. The fourth-order valence-electron chi connectivity index (χ4n) is 4.43. The van der Waals surface area contributed by atoms with Crippen molar-refractivity contribution in [1.29, 1.82) is 0 Å². The van der Waals surface area contributed by atoms with Crippen molar-refractivity contribution in [2.45, 2.75) is 32.7 Å². The van der Waals surface area contributed by atoms with E-state index in [-0.39, 0.29) is 0 Å². The second-order valence-electron chi connectivity index (χ2n) is 7.67. The van der Waals surface area contributed by atoms with Crippen LogP contribution in [0.1, 0.15) is 25.3 Å². The van der Waals surface area contributed by atoms with E-state index in [0.717, 1.165) is 54.5 Å². The van der Waals surface area contributed by atoms with Crippen LogP contribution in [0.4, 0.5) is 5.95 Å². The number of anilines is 1. The number of benzene rings is 2.